The number of ether oxygens (including phenoxy) is 1. The summed E-state index contributed by atoms with van der Waals surface area (Å²) in [6, 6.07) is 7.62. The molecule has 1 nitrogen and oxygen atoms in total. The first kappa shape index (κ1) is 12.3. The molecular formula is C13H16BrClO. The first-order valence-corrected chi connectivity index (χ1v) is 6.92. The number of benzene rings is 1. The molecule has 3 atom stereocenters. The summed E-state index contributed by atoms with van der Waals surface area (Å²) >= 11 is 9.64. The normalized spacial score (nSPS) is 33.2. The second-order valence-electron chi connectivity index (χ2n) is 4.63. The van der Waals surface area contributed by atoms with Gasteiger partial charge in [0.25, 0.3) is 0 Å². The van der Waals surface area contributed by atoms with E-state index in [1.165, 1.54) is 0 Å². The van der Waals surface area contributed by atoms with Gasteiger partial charge >= 0.3 is 0 Å². The molecule has 0 saturated heterocycles. The van der Waals surface area contributed by atoms with Crippen molar-refractivity contribution in [3.8, 4) is 5.75 Å². The van der Waals surface area contributed by atoms with E-state index in [1.54, 1.807) is 0 Å². The number of hydrogen-bond acceptors (Lipinski definition) is 1. The summed E-state index contributed by atoms with van der Waals surface area (Å²) in [6.07, 6.45) is 2.48. The third kappa shape index (κ3) is 2.10. The van der Waals surface area contributed by atoms with Crippen LogP contribution in [0.3, 0.4) is 0 Å². The zero-order valence-corrected chi connectivity index (χ0v) is 11.9. The van der Waals surface area contributed by atoms with Crippen LogP contribution in [-0.4, -0.2) is 10.9 Å². The Balaban J connectivity index is 2.06. The highest BCUT2D eigenvalue weighted by molar-refractivity contribution is 9.09. The molecule has 1 aliphatic rings. The minimum Gasteiger partial charge on any atom is -0.490 e. The number of rotatable bonds is 3. The van der Waals surface area contributed by atoms with E-state index in [0.29, 0.717) is 10.9 Å². The number of alkyl halides is 1. The van der Waals surface area contributed by atoms with Gasteiger partial charge in [-0.05, 0) is 31.0 Å². The lowest BCUT2D eigenvalue weighted by Crippen LogP contribution is -2.54. The van der Waals surface area contributed by atoms with Crippen molar-refractivity contribution in [1.82, 2.24) is 0 Å². The molecule has 16 heavy (non-hydrogen) atoms. The van der Waals surface area contributed by atoms with Crippen molar-refractivity contribution in [2.75, 3.05) is 0 Å². The maximum absolute atomic E-state index is 5.99. The van der Waals surface area contributed by atoms with Crippen molar-refractivity contribution in [3.05, 3.63) is 29.3 Å². The van der Waals surface area contributed by atoms with E-state index in [4.69, 9.17) is 16.3 Å². The van der Waals surface area contributed by atoms with Crippen molar-refractivity contribution in [3.63, 3.8) is 0 Å². The van der Waals surface area contributed by atoms with Gasteiger partial charge in [0.1, 0.15) is 11.9 Å². The second-order valence-corrected chi connectivity index (χ2v) is 6.17. The Kier molecular flexibility index (Phi) is 3.50. The fraction of sp³-hybridized carbons (Fsp3) is 0.538. The molecule has 1 aromatic carbocycles. The molecular weight excluding hydrogens is 287 g/mol. The second kappa shape index (κ2) is 4.58. The largest absolute Gasteiger partial charge is 0.490 e. The van der Waals surface area contributed by atoms with Crippen LogP contribution in [0.4, 0.5) is 0 Å². The van der Waals surface area contributed by atoms with Crippen LogP contribution in [0.15, 0.2) is 24.3 Å². The quantitative estimate of drug-likeness (QED) is 0.737. The van der Waals surface area contributed by atoms with Crippen molar-refractivity contribution in [1.29, 1.82) is 0 Å². The van der Waals surface area contributed by atoms with Crippen molar-refractivity contribution < 1.29 is 4.74 Å². The maximum atomic E-state index is 5.99. The minimum atomic E-state index is 0.238. The highest BCUT2D eigenvalue weighted by Crippen LogP contribution is 2.50. The van der Waals surface area contributed by atoms with Crippen LogP contribution >= 0.6 is 27.5 Å². The summed E-state index contributed by atoms with van der Waals surface area (Å²) in [6.45, 7) is 4.48. The van der Waals surface area contributed by atoms with Gasteiger partial charge in [-0.1, -0.05) is 47.4 Å². The standard InChI is InChI=1S/C13H16BrClO/c1-3-13(2)11(14)8-12(13)16-10-6-4-5-9(15)7-10/h4-7,11-12H,3,8H2,1-2H3. The van der Waals surface area contributed by atoms with Gasteiger partial charge < -0.3 is 4.74 Å². The first-order chi connectivity index (χ1) is 7.56. The van der Waals surface area contributed by atoms with Gasteiger partial charge in [-0.3, -0.25) is 0 Å². The fourth-order valence-electron chi connectivity index (χ4n) is 2.10. The smallest absolute Gasteiger partial charge is 0.121 e. The minimum absolute atomic E-state index is 0.238. The molecule has 2 rings (SSSR count). The van der Waals surface area contributed by atoms with Gasteiger partial charge in [-0.2, -0.15) is 0 Å². The van der Waals surface area contributed by atoms with E-state index in [1.807, 2.05) is 24.3 Å². The van der Waals surface area contributed by atoms with Gasteiger partial charge in [0.05, 0.1) is 0 Å². The Morgan fingerprint density at radius 1 is 1.56 bits per heavy atom. The molecule has 0 amide bonds. The molecule has 0 heterocycles. The summed E-state index contributed by atoms with van der Waals surface area (Å²) in [5, 5.41) is 0.727. The molecule has 1 saturated carbocycles. The predicted molar refractivity (Wildman–Crippen MR) is 71.6 cm³/mol. The molecule has 3 heteroatoms. The van der Waals surface area contributed by atoms with Crippen LogP contribution in [0.2, 0.25) is 5.02 Å². The molecule has 0 aromatic heterocycles. The molecule has 0 radical (unpaired) electrons. The topological polar surface area (TPSA) is 9.23 Å². The number of halogens is 2. The van der Waals surface area contributed by atoms with Crippen molar-refractivity contribution in [2.45, 2.75) is 37.6 Å². The highest BCUT2D eigenvalue weighted by atomic mass is 79.9. The Labute approximate surface area is 110 Å². The summed E-state index contributed by atoms with van der Waals surface area (Å²) < 4.78 is 5.99. The fourth-order valence-corrected chi connectivity index (χ4v) is 3.24. The lowest BCUT2D eigenvalue weighted by molar-refractivity contribution is -0.0243. The maximum Gasteiger partial charge on any atom is 0.121 e. The van der Waals surface area contributed by atoms with Crippen LogP contribution in [-0.2, 0) is 0 Å². The van der Waals surface area contributed by atoms with Crippen molar-refractivity contribution >= 4 is 27.5 Å². The molecule has 0 spiro atoms. The molecule has 0 aliphatic heterocycles. The summed E-state index contributed by atoms with van der Waals surface area (Å²) in [7, 11) is 0. The van der Waals surface area contributed by atoms with E-state index < -0.39 is 0 Å². The summed E-state index contributed by atoms with van der Waals surface area (Å²) in [5.41, 5.74) is 0.238. The Morgan fingerprint density at radius 2 is 2.31 bits per heavy atom. The zero-order valence-electron chi connectivity index (χ0n) is 9.54. The van der Waals surface area contributed by atoms with Crippen LogP contribution in [0.5, 0.6) is 5.75 Å². The summed E-state index contributed by atoms with van der Waals surface area (Å²) in [4.78, 5) is 0.564. The van der Waals surface area contributed by atoms with Crippen LogP contribution < -0.4 is 4.74 Å². The first-order valence-electron chi connectivity index (χ1n) is 5.62. The summed E-state index contributed by atoms with van der Waals surface area (Å²) in [5.74, 6) is 0.872. The SMILES string of the molecule is CCC1(C)C(Br)CC1Oc1cccc(Cl)c1. The molecule has 1 aromatic rings. The van der Waals surface area contributed by atoms with Gasteiger partial charge in [-0.25, -0.2) is 0 Å². The average Bonchev–Trinajstić information content (AvgIpc) is 2.27. The Hall–Kier alpha value is -0.210. The molecule has 1 fully saturated rings. The average molecular weight is 304 g/mol. The van der Waals surface area contributed by atoms with Crippen LogP contribution in [0.1, 0.15) is 26.7 Å². The molecule has 1 aliphatic carbocycles. The zero-order chi connectivity index (χ0) is 11.8. The third-order valence-corrected chi connectivity index (χ3v) is 5.36. The lowest BCUT2D eigenvalue weighted by atomic mass is 9.65. The molecule has 88 valence electrons. The van der Waals surface area contributed by atoms with E-state index >= 15 is 0 Å². The van der Waals surface area contributed by atoms with Gasteiger partial charge in [0.15, 0.2) is 0 Å². The third-order valence-electron chi connectivity index (χ3n) is 3.71. The molecule has 3 unspecified atom stereocenters. The van der Waals surface area contributed by atoms with Crippen LogP contribution in [0, 0.1) is 5.41 Å². The predicted octanol–water partition coefficient (Wildman–Crippen LogP) is 4.67. The Morgan fingerprint density at radius 3 is 2.88 bits per heavy atom. The monoisotopic (exact) mass is 302 g/mol. The van der Waals surface area contributed by atoms with Gasteiger partial charge in [-0.15, -0.1) is 0 Å². The van der Waals surface area contributed by atoms with Crippen molar-refractivity contribution in [2.24, 2.45) is 5.41 Å². The Bertz CT molecular complexity index is 382. The number of hydrogen-bond donors (Lipinski definition) is 0. The highest BCUT2D eigenvalue weighted by Gasteiger charge is 2.50. The van der Waals surface area contributed by atoms with E-state index in [2.05, 4.69) is 29.8 Å². The van der Waals surface area contributed by atoms with E-state index in [0.717, 1.165) is 23.6 Å². The molecule has 0 N–H and O–H groups in total. The molecule has 0 bridgehead atoms. The van der Waals surface area contributed by atoms with Crippen LogP contribution in [0.25, 0.3) is 0 Å². The van der Waals surface area contributed by atoms with Gasteiger partial charge in [0, 0.05) is 15.3 Å². The van der Waals surface area contributed by atoms with Gasteiger partial charge in [0.2, 0.25) is 0 Å². The van der Waals surface area contributed by atoms with E-state index in [-0.39, 0.29) is 5.41 Å². The van der Waals surface area contributed by atoms with E-state index in [9.17, 15) is 0 Å². The lowest BCUT2D eigenvalue weighted by Gasteiger charge is -2.50.